The summed E-state index contributed by atoms with van der Waals surface area (Å²) in [7, 11) is 0. The van der Waals surface area contributed by atoms with Crippen molar-refractivity contribution in [3.63, 3.8) is 0 Å². The summed E-state index contributed by atoms with van der Waals surface area (Å²) in [6.07, 6.45) is 5.54. The van der Waals surface area contributed by atoms with Crippen LogP contribution in [0.2, 0.25) is 0 Å². The first-order valence-corrected chi connectivity index (χ1v) is 6.89. The van der Waals surface area contributed by atoms with Crippen molar-refractivity contribution in [2.45, 2.75) is 18.9 Å². The van der Waals surface area contributed by atoms with Crippen molar-refractivity contribution < 1.29 is 4.39 Å². The zero-order valence-corrected chi connectivity index (χ0v) is 11.3. The second kappa shape index (κ2) is 4.48. The fraction of sp³-hybridized carbons (Fsp3) is 0.188. The highest BCUT2D eigenvalue weighted by molar-refractivity contribution is 5.81. The summed E-state index contributed by atoms with van der Waals surface area (Å²) in [5.41, 5.74) is 3.22. The summed E-state index contributed by atoms with van der Waals surface area (Å²) in [4.78, 5) is 4.65. The minimum Gasteiger partial charge on any atom is -0.321 e. The van der Waals surface area contributed by atoms with Gasteiger partial charge in [-0.3, -0.25) is 0 Å². The van der Waals surface area contributed by atoms with Gasteiger partial charge < -0.3 is 4.57 Å². The molecule has 0 aliphatic heterocycles. The Hall–Kier alpha value is -2.56. The Labute approximate surface area is 121 Å². The smallest absolute Gasteiger partial charge is 0.143 e. The van der Waals surface area contributed by atoms with Gasteiger partial charge in [0.05, 0.1) is 22.9 Å². The lowest BCUT2D eigenvalue weighted by Crippen LogP contribution is -1.99. The maximum Gasteiger partial charge on any atom is 0.143 e. The molecular formula is C16H13FN4. The molecular weight excluding hydrogens is 267 g/mol. The number of imidazole rings is 1. The van der Waals surface area contributed by atoms with E-state index in [1.54, 1.807) is 24.4 Å². The highest BCUT2D eigenvalue weighted by Gasteiger charge is 2.29. The van der Waals surface area contributed by atoms with E-state index in [2.05, 4.69) is 26.3 Å². The average Bonchev–Trinajstić information content (AvgIpc) is 3.28. The van der Waals surface area contributed by atoms with Crippen molar-refractivity contribution in [2.75, 3.05) is 0 Å². The largest absolute Gasteiger partial charge is 0.321 e. The zero-order chi connectivity index (χ0) is 14.4. The Balaban J connectivity index is 1.99. The van der Waals surface area contributed by atoms with Crippen molar-refractivity contribution in [1.29, 1.82) is 0 Å². The quantitative estimate of drug-likeness (QED) is 0.736. The zero-order valence-electron chi connectivity index (χ0n) is 11.3. The number of hydrogen-bond acceptors (Lipinski definition) is 3. The topological polar surface area (TPSA) is 43.6 Å². The van der Waals surface area contributed by atoms with Crippen LogP contribution in [-0.4, -0.2) is 19.7 Å². The van der Waals surface area contributed by atoms with Gasteiger partial charge in [0, 0.05) is 11.6 Å². The highest BCUT2D eigenvalue weighted by Crippen LogP contribution is 2.41. The van der Waals surface area contributed by atoms with Crippen LogP contribution in [0, 0.1) is 5.82 Å². The summed E-state index contributed by atoms with van der Waals surface area (Å²) < 4.78 is 15.7. The van der Waals surface area contributed by atoms with E-state index in [1.807, 2.05) is 6.07 Å². The standard InChI is InChI=1S/C16H13FN4/c1-2-12-7-10(9-18-20-12)16-19-14-6-3-11(17)8-15(14)21(16)13-4-5-13/h2-3,6-9,13H,1,4-5H2. The molecule has 2 heterocycles. The van der Waals surface area contributed by atoms with Crippen molar-refractivity contribution >= 4 is 17.1 Å². The van der Waals surface area contributed by atoms with E-state index >= 15 is 0 Å². The van der Waals surface area contributed by atoms with E-state index in [-0.39, 0.29) is 5.82 Å². The number of halogens is 1. The van der Waals surface area contributed by atoms with E-state index in [0.29, 0.717) is 11.7 Å². The third-order valence-electron chi connectivity index (χ3n) is 3.70. The third-order valence-corrected chi connectivity index (χ3v) is 3.70. The summed E-state index contributed by atoms with van der Waals surface area (Å²) in [5.74, 6) is 0.576. The molecule has 1 saturated carbocycles. The molecule has 0 spiro atoms. The Bertz CT molecular complexity index is 849. The summed E-state index contributed by atoms with van der Waals surface area (Å²) in [6, 6.07) is 7.00. The lowest BCUT2D eigenvalue weighted by molar-refractivity contribution is 0.628. The maximum absolute atomic E-state index is 13.6. The summed E-state index contributed by atoms with van der Waals surface area (Å²) in [6.45, 7) is 3.71. The van der Waals surface area contributed by atoms with Crippen LogP contribution >= 0.6 is 0 Å². The predicted molar refractivity (Wildman–Crippen MR) is 79.1 cm³/mol. The Morgan fingerprint density at radius 2 is 2.14 bits per heavy atom. The molecule has 0 atom stereocenters. The van der Waals surface area contributed by atoms with Crippen LogP contribution in [0.3, 0.4) is 0 Å². The van der Waals surface area contributed by atoms with Crippen molar-refractivity contribution in [3.05, 3.63) is 48.6 Å². The number of benzene rings is 1. The first-order chi connectivity index (χ1) is 10.3. The van der Waals surface area contributed by atoms with Crippen LogP contribution in [-0.2, 0) is 0 Å². The van der Waals surface area contributed by atoms with Crippen molar-refractivity contribution in [1.82, 2.24) is 19.7 Å². The molecule has 21 heavy (non-hydrogen) atoms. The molecule has 104 valence electrons. The molecule has 0 unspecified atom stereocenters. The van der Waals surface area contributed by atoms with Gasteiger partial charge in [-0.2, -0.15) is 10.2 Å². The van der Waals surface area contributed by atoms with Gasteiger partial charge in [0.25, 0.3) is 0 Å². The number of nitrogens with zero attached hydrogens (tertiary/aromatic N) is 4. The third kappa shape index (κ3) is 2.01. The molecule has 4 rings (SSSR count). The van der Waals surface area contributed by atoms with E-state index in [0.717, 1.165) is 35.3 Å². The maximum atomic E-state index is 13.6. The molecule has 1 aromatic carbocycles. The van der Waals surface area contributed by atoms with Gasteiger partial charge in [-0.25, -0.2) is 9.37 Å². The molecule has 1 fully saturated rings. The van der Waals surface area contributed by atoms with Gasteiger partial charge in [-0.15, -0.1) is 0 Å². The summed E-state index contributed by atoms with van der Waals surface area (Å²) in [5, 5.41) is 7.97. The first-order valence-electron chi connectivity index (χ1n) is 6.89. The van der Waals surface area contributed by atoms with Crippen LogP contribution < -0.4 is 0 Å². The molecule has 0 bridgehead atoms. The average molecular weight is 280 g/mol. The molecule has 3 aromatic rings. The van der Waals surface area contributed by atoms with E-state index < -0.39 is 0 Å². The Kier molecular flexibility index (Phi) is 2.60. The SMILES string of the molecule is C=Cc1cc(-c2nc3ccc(F)cc3n2C2CC2)cnn1. The second-order valence-electron chi connectivity index (χ2n) is 5.24. The van der Waals surface area contributed by atoms with Crippen LogP contribution in [0.25, 0.3) is 28.5 Å². The van der Waals surface area contributed by atoms with Gasteiger partial charge >= 0.3 is 0 Å². The molecule has 0 N–H and O–H groups in total. The molecule has 1 aliphatic rings. The van der Waals surface area contributed by atoms with Crippen LogP contribution in [0.1, 0.15) is 24.6 Å². The van der Waals surface area contributed by atoms with E-state index in [1.165, 1.54) is 6.07 Å². The van der Waals surface area contributed by atoms with Gasteiger partial charge in [0.15, 0.2) is 0 Å². The Morgan fingerprint density at radius 1 is 1.29 bits per heavy atom. The second-order valence-corrected chi connectivity index (χ2v) is 5.24. The summed E-state index contributed by atoms with van der Waals surface area (Å²) >= 11 is 0. The molecule has 2 aromatic heterocycles. The van der Waals surface area contributed by atoms with Crippen molar-refractivity contribution in [2.24, 2.45) is 0 Å². The van der Waals surface area contributed by atoms with Crippen molar-refractivity contribution in [3.8, 4) is 11.4 Å². The molecule has 0 radical (unpaired) electrons. The van der Waals surface area contributed by atoms with E-state index in [4.69, 9.17) is 0 Å². The minimum absolute atomic E-state index is 0.240. The Morgan fingerprint density at radius 3 is 2.90 bits per heavy atom. The number of aromatic nitrogens is 4. The number of rotatable bonds is 3. The first kappa shape index (κ1) is 12.2. The number of fused-ring (bicyclic) bond motifs is 1. The molecule has 5 heteroatoms. The molecule has 0 saturated heterocycles. The fourth-order valence-corrected chi connectivity index (χ4v) is 2.58. The molecule has 0 amide bonds. The fourth-order valence-electron chi connectivity index (χ4n) is 2.58. The number of hydrogen-bond donors (Lipinski definition) is 0. The van der Waals surface area contributed by atoms with Gasteiger partial charge in [-0.1, -0.05) is 6.58 Å². The van der Waals surface area contributed by atoms with Crippen LogP contribution in [0.15, 0.2) is 37.0 Å². The van der Waals surface area contributed by atoms with Gasteiger partial charge in [0.2, 0.25) is 0 Å². The van der Waals surface area contributed by atoms with Gasteiger partial charge in [-0.05, 0) is 43.2 Å². The highest BCUT2D eigenvalue weighted by atomic mass is 19.1. The van der Waals surface area contributed by atoms with E-state index in [9.17, 15) is 4.39 Å². The lowest BCUT2D eigenvalue weighted by atomic mass is 10.2. The predicted octanol–water partition coefficient (Wildman–Crippen LogP) is 3.61. The van der Waals surface area contributed by atoms with Gasteiger partial charge in [0.1, 0.15) is 11.6 Å². The van der Waals surface area contributed by atoms with Crippen LogP contribution in [0.5, 0.6) is 0 Å². The van der Waals surface area contributed by atoms with Crippen LogP contribution in [0.4, 0.5) is 4.39 Å². The minimum atomic E-state index is -0.240. The normalized spacial score (nSPS) is 14.5. The lowest BCUT2D eigenvalue weighted by Gasteiger charge is -2.07. The molecule has 1 aliphatic carbocycles. The monoisotopic (exact) mass is 280 g/mol. The molecule has 4 nitrogen and oxygen atoms in total.